The van der Waals surface area contributed by atoms with Gasteiger partial charge in [0.25, 0.3) is 0 Å². The second-order valence-corrected chi connectivity index (χ2v) is 6.76. The van der Waals surface area contributed by atoms with Gasteiger partial charge >= 0.3 is 5.97 Å². The maximum absolute atomic E-state index is 11.3. The standard InChI is InChI=1S/C15H14BrNO2/c16-10-2-1-8(14(18)19)13-12(10)9-7-15(5-6-15)4-3-11(9)17-13/h1-2,17H,3-7H2,(H,18,19). The normalized spacial score (nSPS) is 19.6. The minimum Gasteiger partial charge on any atom is -0.478 e. The number of aryl methyl sites for hydroxylation is 1. The maximum Gasteiger partial charge on any atom is 0.337 e. The highest BCUT2D eigenvalue weighted by Gasteiger charge is 2.45. The molecule has 0 amide bonds. The Morgan fingerprint density at radius 2 is 2.11 bits per heavy atom. The van der Waals surface area contributed by atoms with Gasteiger partial charge in [-0.3, -0.25) is 0 Å². The maximum atomic E-state index is 11.3. The molecule has 1 heterocycles. The predicted octanol–water partition coefficient (Wildman–Crippen LogP) is 3.90. The van der Waals surface area contributed by atoms with Crippen LogP contribution in [0.15, 0.2) is 16.6 Å². The van der Waals surface area contributed by atoms with Crippen molar-refractivity contribution in [2.24, 2.45) is 5.41 Å². The third-order valence-corrected chi connectivity index (χ3v) is 5.40. The Kier molecular flexibility index (Phi) is 2.20. The number of rotatable bonds is 1. The number of aromatic nitrogens is 1. The smallest absolute Gasteiger partial charge is 0.337 e. The molecule has 2 N–H and O–H groups in total. The average molecular weight is 320 g/mol. The molecule has 0 unspecified atom stereocenters. The number of benzene rings is 1. The summed E-state index contributed by atoms with van der Waals surface area (Å²) < 4.78 is 1.00. The molecule has 2 aromatic rings. The lowest BCUT2D eigenvalue weighted by molar-refractivity contribution is 0.0699. The van der Waals surface area contributed by atoms with Gasteiger partial charge in [0.15, 0.2) is 0 Å². The third kappa shape index (κ3) is 1.59. The van der Waals surface area contributed by atoms with Crippen LogP contribution in [0.3, 0.4) is 0 Å². The average Bonchev–Trinajstić information content (AvgIpc) is 3.00. The first-order valence-corrected chi connectivity index (χ1v) is 7.44. The van der Waals surface area contributed by atoms with E-state index in [4.69, 9.17) is 0 Å². The van der Waals surface area contributed by atoms with Crippen LogP contribution in [-0.4, -0.2) is 16.1 Å². The number of H-pyrrole nitrogens is 1. The van der Waals surface area contributed by atoms with E-state index in [1.807, 2.05) is 6.07 Å². The van der Waals surface area contributed by atoms with Crippen LogP contribution in [0.4, 0.5) is 0 Å². The van der Waals surface area contributed by atoms with Crippen LogP contribution in [-0.2, 0) is 12.8 Å². The summed E-state index contributed by atoms with van der Waals surface area (Å²) in [6, 6.07) is 3.53. The molecule has 19 heavy (non-hydrogen) atoms. The van der Waals surface area contributed by atoms with Gasteiger partial charge in [-0.25, -0.2) is 4.79 Å². The molecule has 1 fully saturated rings. The molecule has 0 aliphatic heterocycles. The molecule has 0 saturated heterocycles. The first kappa shape index (κ1) is 11.5. The van der Waals surface area contributed by atoms with Gasteiger partial charge in [0.2, 0.25) is 0 Å². The summed E-state index contributed by atoms with van der Waals surface area (Å²) in [5.74, 6) is -0.864. The van der Waals surface area contributed by atoms with Gasteiger partial charge in [0, 0.05) is 15.6 Å². The van der Waals surface area contributed by atoms with E-state index in [2.05, 4.69) is 20.9 Å². The Morgan fingerprint density at radius 3 is 2.79 bits per heavy atom. The van der Waals surface area contributed by atoms with E-state index >= 15 is 0 Å². The van der Waals surface area contributed by atoms with Crippen LogP contribution < -0.4 is 0 Å². The molecule has 2 aliphatic rings. The highest BCUT2D eigenvalue weighted by molar-refractivity contribution is 9.10. The molecule has 1 saturated carbocycles. The first-order chi connectivity index (χ1) is 9.10. The van der Waals surface area contributed by atoms with Crippen molar-refractivity contribution in [2.45, 2.75) is 32.1 Å². The summed E-state index contributed by atoms with van der Waals surface area (Å²) in [5.41, 5.74) is 4.26. The molecular formula is C15H14BrNO2. The molecule has 3 nitrogen and oxygen atoms in total. The third-order valence-electron chi connectivity index (χ3n) is 4.74. The molecule has 4 rings (SSSR count). The fraction of sp³-hybridized carbons (Fsp3) is 0.400. The number of aromatic amines is 1. The Bertz CT molecular complexity index is 712. The lowest BCUT2D eigenvalue weighted by Crippen LogP contribution is -2.14. The lowest BCUT2D eigenvalue weighted by Gasteiger charge is -2.21. The molecule has 0 atom stereocenters. The summed E-state index contributed by atoms with van der Waals surface area (Å²) in [5, 5.41) is 10.4. The summed E-state index contributed by atoms with van der Waals surface area (Å²) in [7, 11) is 0. The van der Waals surface area contributed by atoms with Crippen molar-refractivity contribution in [3.63, 3.8) is 0 Å². The molecule has 2 aliphatic carbocycles. The van der Waals surface area contributed by atoms with Crippen LogP contribution in [0.5, 0.6) is 0 Å². The first-order valence-electron chi connectivity index (χ1n) is 6.65. The van der Waals surface area contributed by atoms with Gasteiger partial charge in [-0.2, -0.15) is 0 Å². The van der Waals surface area contributed by atoms with Crippen LogP contribution in [0.25, 0.3) is 10.9 Å². The number of nitrogens with one attached hydrogen (secondary N) is 1. The molecule has 0 radical (unpaired) electrons. The van der Waals surface area contributed by atoms with Crippen molar-refractivity contribution >= 4 is 32.8 Å². The minimum atomic E-state index is -0.864. The van der Waals surface area contributed by atoms with Gasteiger partial charge < -0.3 is 10.1 Å². The molecule has 1 aromatic carbocycles. The van der Waals surface area contributed by atoms with Crippen molar-refractivity contribution < 1.29 is 9.90 Å². The number of halogens is 1. The van der Waals surface area contributed by atoms with Crippen LogP contribution in [0, 0.1) is 5.41 Å². The van der Waals surface area contributed by atoms with E-state index in [1.54, 1.807) is 6.07 Å². The summed E-state index contributed by atoms with van der Waals surface area (Å²) in [6.45, 7) is 0. The quantitative estimate of drug-likeness (QED) is 0.837. The Labute approximate surface area is 119 Å². The fourth-order valence-electron chi connectivity index (χ4n) is 3.42. The van der Waals surface area contributed by atoms with Crippen LogP contribution >= 0.6 is 15.9 Å². The monoisotopic (exact) mass is 319 g/mol. The lowest BCUT2D eigenvalue weighted by atomic mass is 9.84. The minimum absolute atomic E-state index is 0.373. The molecule has 4 heteroatoms. The fourth-order valence-corrected chi connectivity index (χ4v) is 3.99. The topological polar surface area (TPSA) is 53.1 Å². The number of carboxylic acids is 1. The molecule has 1 aromatic heterocycles. The SMILES string of the molecule is O=C(O)c1ccc(Br)c2c3c([nH]c12)CCC1(CC1)C3. The summed E-state index contributed by atoms with van der Waals surface area (Å²) in [6.07, 6.45) is 6.05. The largest absolute Gasteiger partial charge is 0.478 e. The van der Waals surface area contributed by atoms with E-state index in [1.165, 1.54) is 30.5 Å². The molecular weight excluding hydrogens is 306 g/mol. The number of carboxylic acid groups (broad SMARTS) is 1. The zero-order valence-corrected chi connectivity index (χ0v) is 12.0. The van der Waals surface area contributed by atoms with Crippen molar-refractivity contribution in [3.05, 3.63) is 33.4 Å². The summed E-state index contributed by atoms with van der Waals surface area (Å²) in [4.78, 5) is 14.7. The van der Waals surface area contributed by atoms with Gasteiger partial charge in [-0.05, 0) is 55.2 Å². The van der Waals surface area contributed by atoms with Gasteiger partial charge in [0.05, 0.1) is 11.1 Å². The van der Waals surface area contributed by atoms with Crippen molar-refractivity contribution in [2.75, 3.05) is 0 Å². The van der Waals surface area contributed by atoms with E-state index in [0.717, 1.165) is 28.2 Å². The summed E-state index contributed by atoms with van der Waals surface area (Å²) >= 11 is 3.58. The van der Waals surface area contributed by atoms with Gasteiger partial charge in [0.1, 0.15) is 0 Å². The number of aromatic carboxylic acids is 1. The second kappa shape index (κ2) is 3.63. The number of hydrogen-bond acceptors (Lipinski definition) is 1. The Balaban J connectivity index is 2.01. The van der Waals surface area contributed by atoms with Gasteiger partial charge in [-0.1, -0.05) is 15.9 Å². The highest BCUT2D eigenvalue weighted by atomic mass is 79.9. The Morgan fingerprint density at radius 1 is 1.32 bits per heavy atom. The molecule has 1 spiro atoms. The number of hydrogen-bond donors (Lipinski definition) is 2. The van der Waals surface area contributed by atoms with E-state index in [0.29, 0.717) is 11.0 Å². The van der Waals surface area contributed by atoms with E-state index in [-0.39, 0.29) is 0 Å². The second-order valence-electron chi connectivity index (χ2n) is 5.91. The van der Waals surface area contributed by atoms with E-state index < -0.39 is 5.97 Å². The van der Waals surface area contributed by atoms with Gasteiger partial charge in [-0.15, -0.1) is 0 Å². The predicted molar refractivity (Wildman–Crippen MR) is 76.7 cm³/mol. The Hall–Kier alpha value is -1.29. The van der Waals surface area contributed by atoms with Crippen molar-refractivity contribution in [1.29, 1.82) is 0 Å². The van der Waals surface area contributed by atoms with Crippen molar-refractivity contribution in [3.8, 4) is 0 Å². The van der Waals surface area contributed by atoms with Crippen molar-refractivity contribution in [1.82, 2.24) is 4.98 Å². The zero-order chi connectivity index (χ0) is 13.2. The zero-order valence-electron chi connectivity index (χ0n) is 10.4. The highest BCUT2D eigenvalue weighted by Crippen LogP contribution is 2.56. The molecule has 98 valence electrons. The molecule has 0 bridgehead atoms. The van der Waals surface area contributed by atoms with E-state index in [9.17, 15) is 9.90 Å². The number of fused-ring (bicyclic) bond motifs is 3. The van der Waals surface area contributed by atoms with Crippen LogP contribution in [0.2, 0.25) is 0 Å². The number of carbonyl (C=O) groups is 1. The van der Waals surface area contributed by atoms with Crippen LogP contribution in [0.1, 0.15) is 40.9 Å².